The Balaban J connectivity index is 2.13. The molecule has 6 heteroatoms. The first-order valence-corrected chi connectivity index (χ1v) is 7.19. The lowest BCUT2D eigenvalue weighted by Crippen LogP contribution is -2.20. The quantitative estimate of drug-likeness (QED) is 0.590. The number of hydrogen-bond acceptors (Lipinski definition) is 4. The fourth-order valence-corrected chi connectivity index (χ4v) is 2.76. The molecule has 0 aliphatic carbocycles. The molecule has 0 bridgehead atoms. The summed E-state index contributed by atoms with van der Waals surface area (Å²) < 4.78 is 2.00. The molecule has 3 heterocycles. The fraction of sp³-hybridized carbons (Fsp3) is 0.118. The monoisotopic (exact) mass is 307 g/mol. The molecule has 114 valence electrons. The second-order valence-electron chi connectivity index (χ2n) is 5.32. The Labute approximate surface area is 130 Å². The van der Waals surface area contributed by atoms with Crippen molar-refractivity contribution in [2.24, 2.45) is 5.16 Å². The Morgan fingerprint density at radius 2 is 2.09 bits per heavy atom. The van der Waals surface area contributed by atoms with Crippen molar-refractivity contribution in [3.63, 3.8) is 0 Å². The number of aliphatic carboxylic acids is 1. The largest absolute Gasteiger partial charge is 0.478 e. The highest BCUT2D eigenvalue weighted by atomic mass is 16.6. The zero-order chi connectivity index (χ0) is 16.0. The van der Waals surface area contributed by atoms with Crippen molar-refractivity contribution in [1.82, 2.24) is 9.38 Å². The van der Waals surface area contributed by atoms with Crippen molar-refractivity contribution < 1.29 is 14.7 Å². The van der Waals surface area contributed by atoms with Crippen molar-refractivity contribution in [2.45, 2.75) is 13.0 Å². The van der Waals surface area contributed by atoms with E-state index in [4.69, 9.17) is 9.94 Å². The number of aromatic nitrogens is 2. The number of benzene rings is 1. The highest BCUT2D eigenvalue weighted by Gasteiger charge is 2.14. The lowest BCUT2D eigenvalue weighted by atomic mass is 10.1. The van der Waals surface area contributed by atoms with Gasteiger partial charge in [-0.25, -0.2) is 4.79 Å². The molecule has 1 unspecified atom stereocenters. The number of carboxylic acid groups (broad SMARTS) is 1. The van der Waals surface area contributed by atoms with E-state index in [0.29, 0.717) is 10.9 Å². The Kier molecular flexibility index (Phi) is 2.90. The lowest BCUT2D eigenvalue weighted by molar-refractivity contribution is -0.149. The van der Waals surface area contributed by atoms with Crippen LogP contribution in [-0.2, 0) is 9.63 Å². The molecule has 0 saturated heterocycles. The zero-order valence-electron chi connectivity index (χ0n) is 12.3. The minimum Gasteiger partial charge on any atom is -0.478 e. The van der Waals surface area contributed by atoms with Crippen molar-refractivity contribution in [3.05, 3.63) is 54.1 Å². The Bertz CT molecular complexity index is 1100. The molecule has 1 aromatic carbocycles. The summed E-state index contributed by atoms with van der Waals surface area (Å²) in [6.07, 6.45) is 2.63. The van der Waals surface area contributed by atoms with Gasteiger partial charge in [0.1, 0.15) is 5.52 Å². The third-order valence-corrected chi connectivity index (χ3v) is 3.89. The molecule has 6 nitrogen and oxygen atoms in total. The summed E-state index contributed by atoms with van der Waals surface area (Å²) in [5.41, 5.74) is 2.54. The molecule has 0 aliphatic rings. The molecule has 0 amide bonds. The van der Waals surface area contributed by atoms with Gasteiger partial charge in [-0.15, -0.1) is 0 Å². The van der Waals surface area contributed by atoms with Crippen LogP contribution in [0.3, 0.4) is 0 Å². The highest BCUT2D eigenvalue weighted by molar-refractivity contribution is 6.08. The first kappa shape index (κ1) is 13.5. The van der Waals surface area contributed by atoms with Crippen LogP contribution < -0.4 is 5.36 Å². The van der Waals surface area contributed by atoms with Crippen LogP contribution in [0.15, 0.2) is 53.9 Å². The maximum Gasteiger partial charge on any atom is 0.347 e. The van der Waals surface area contributed by atoms with E-state index in [0.717, 1.165) is 21.8 Å². The van der Waals surface area contributed by atoms with Gasteiger partial charge in [-0.05, 0) is 36.6 Å². The first-order valence-electron chi connectivity index (χ1n) is 7.19. The van der Waals surface area contributed by atoms with Gasteiger partial charge in [0.15, 0.2) is 5.36 Å². The van der Waals surface area contributed by atoms with Gasteiger partial charge in [-0.3, -0.25) is 4.98 Å². The molecule has 0 radical (unpaired) electrons. The summed E-state index contributed by atoms with van der Waals surface area (Å²) in [5.74, 6) is -1.06. The predicted molar refractivity (Wildman–Crippen MR) is 85.1 cm³/mol. The van der Waals surface area contributed by atoms with Crippen LogP contribution in [0.2, 0.25) is 0 Å². The minimum absolute atomic E-state index is 0.535. The summed E-state index contributed by atoms with van der Waals surface area (Å²) in [7, 11) is 0. The number of nitrogens with zero attached hydrogens (tertiary/aromatic N) is 3. The normalized spacial score (nSPS) is 13.9. The van der Waals surface area contributed by atoms with Gasteiger partial charge >= 0.3 is 5.97 Å². The Hall–Kier alpha value is -3.15. The molecule has 23 heavy (non-hydrogen) atoms. The predicted octanol–water partition coefficient (Wildman–Crippen LogP) is 2.38. The van der Waals surface area contributed by atoms with Crippen LogP contribution in [0.1, 0.15) is 6.92 Å². The summed E-state index contributed by atoms with van der Waals surface area (Å²) in [6, 6.07) is 11.8. The number of hydrogen-bond donors (Lipinski definition) is 1. The van der Waals surface area contributed by atoms with Crippen LogP contribution in [0.5, 0.6) is 0 Å². The Morgan fingerprint density at radius 3 is 2.91 bits per heavy atom. The maximum atomic E-state index is 10.9. The molecule has 0 fully saturated rings. The van der Waals surface area contributed by atoms with Gasteiger partial charge < -0.3 is 14.3 Å². The van der Waals surface area contributed by atoms with Crippen molar-refractivity contribution in [3.8, 4) is 0 Å². The number of carbonyl (C=O) groups is 1. The Morgan fingerprint density at radius 1 is 1.26 bits per heavy atom. The molecule has 1 atom stereocenters. The van der Waals surface area contributed by atoms with Gasteiger partial charge in [0, 0.05) is 17.8 Å². The molecule has 0 aliphatic heterocycles. The second kappa shape index (κ2) is 4.95. The number of fused-ring (bicyclic) bond motifs is 2. The van der Waals surface area contributed by atoms with Crippen LogP contribution in [-0.4, -0.2) is 26.6 Å². The summed E-state index contributed by atoms with van der Waals surface area (Å²) in [5, 5.41) is 15.6. The van der Waals surface area contributed by atoms with Crippen molar-refractivity contribution in [2.75, 3.05) is 0 Å². The summed E-state index contributed by atoms with van der Waals surface area (Å²) in [4.78, 5) is 20.5. The highest BCUT2D eigenvalue weighted by Crippen LogP contribution is 2.24. The molecular weight excluding hydrogens is 294 g/mol. The molecular formula is C17H13N3O3. The van der Waals surface area contributed by atoms with E-state index in [1.54, 1.807) is 6.20 Å². The van der Waals surface area contributed by atoms with Crippen LogP contribution in [0, 0.1) is 0 Å². The van der Waals surface area contributed by atoms with E-state index in [2.05, 4.69) is 10.1 Å². The van der Waals surface area contributed by atoms with Gasteiger partial charge in [0.25, 0.3) is 0 Å². The topological polar surface area (TPSA) is 76.2 Å². The molecule has 0 spiro atoms. The van der Waals surface area contributed by atoms with E-state index < -0.39 is 12.1 Å². The van der Waals surface area contributed by atoms with Gasteiger partial charge in [-0.2, -0.15) is 0 Å². The average molecular weight is 307 g/mol. The SMILES string of the molecule is CC(O/N=c1/c2nccc3cccc(c32)n2cccc12)C(=O)O. The van der Waals surface area contributed by atoms with E-state index in [1.165, 1.54) is 6.92 Å². The third-order valence-electron chi connectivity index (χ3n) is 3.89. The number of pyridine rings is 2. The van der Waals surface area contributed by atoms with Crippen LogP contribution in [0.25, 0.3) is 27.3 Å². The average Bonchev–Trinajstić information content (AvgIpc) is 3.04. The lowest BCUT2D eigenvalue weighted by Gasteiger charge is -2.09. The van der Waals surface area contributed by atoms with Crippen LogP contribution in [0.4, 0.5) is 0 Å². The van der Waals surface area contributed by atoms with Gasteiger partial charge in [-0.1, -0.05) is 17.3 Å². The van der Waals surface area contributed by atoms with Crippen molar-refractivity contribution >= 4 is 33.3 Å². The maximum absolute atomic E-state index is 10.9. The summed E-state index contributed by atoms with van der Waals surface area (Å²) >= 11 is 0. The smallest absolute Gasteiger partial charge is 0.347 e. The second-order valence-corrected chi connectivity index (χ2v) is 5.32. The van der Waals surface area contributed by atoms with E-state index in [1.807, 2.05) is 47.0 Å². The number of carboxylic acids is 1. The first-order chi connectivity index (χ1) is 11.2. The van der Waals surface area contributed by atoms with Crippen molar-refractivity contribution in [1.29, 1.82) is 0 Å². The van der Waals surface area contributed by atoms with Gasteiger partial charge in [0.2, 0.25) is 6.10 Å². The molecule has 0 saturated carbocycles. The van der Waals surface area contributed by atoms with Gasteiger partial charge in [0.05, 0.1) is 11.0 Å². The fourth-order valence-electron chi connectivity index (χ4n) is 2.76. The minimum atomic E-state index is -1.06. The molecule has 4 aromatic rings. The van der Waals surface area contributed by atoms with Crippen LogP contribution >= 0.6 is 0 Å². The molecule has 1 N–H and O–H groups in total. The number of rotatable bonds is 3. The zero-order valence-corrected chi connectivity index (χ0v) is 12.3. The summed E-state index contributed by atoms with van der Waals surface area (Å²) in [6.45, 7) is 1.44. The molecule has 4 rings (SSSR count). The van der Waals surface area contributed by atoms with E-state index in [9.17, 15) is 4.79 Å². The molecule has 3 aromatic heterocycles. The standard InChI is InChI=1S/C17H13N3O3/c1-10(17(21)22)23-19-15-13-6-3-9-20(13)12-5-2-4-11-7-8-18-16(15)14(11)12/h2-10H,1H3,(H,21,22)/b19-15+. The van der Waals surface area contributed by atoms with E-state index in [-0.39, 0.29) is 0 Å². The third kappa shape index (κ3) is 1.99. The van der Waals surface area contributed by atoms with E-state index >= 15 is 0 Å².